The average Bonchev–Trinajstić information content (AvgIpc) is 2.43. The van der Waals surface area contributed by atoms with Crippen molar-refractivity contribution in [3.05, 3.63) is 29.8 Å². The molecule has 1 fully saturated rings. The highest BCUT2D eigenvalue weighted by atomic mass is 16.5. The molecule has 4 nitrogen and oxygen atoms in total. The number of hydrogen-bond acceptors (Lipinski definition) is 4. The molecular formula is C15H25N3O. The third kappa shape index (κ3) is 3.93. The molecule has 1 aromatic rings. The minimum atomic E-state index is 0.529. The molecule has 4 heteroatoms. The first-order valence-electron chi connectivity index (χ1n) is 7.04. The van der Waals surface area contributed by atoms with Gasteiger partial charge in [0.1, 0.15) is 12.4 Å². The lowest BCUT2D eigenvalue weighted by Gasteiger charge is -2.37. The zero-order valence-corrected chi connectivity index (χ0v) is 12.0. The highest BCUT2D eigenvalue weighted by molar-refractivity contribution is 5.32. The number of benzene rings is 1. The Morgan fingerprint density at radius 1 is 1.32 bits per heavy atom. The fourth-order valence-corrected chi connectivity index (χ4v) is 2.42. The van der Waals surface area contributed by atoms with Crippen LogP contribution < -0.4 is 10.5 Å². The van der Waals surface area contributed by atoms with Crippen LogP contribution >= 0.6 is 0 Å². The van der Waals surface area contributed by atoms with Gasteiger partial charge >= 0.3 is 0 Å². The molecule has 0 aliphatic carbocycles. The van der Waals surface area contributed by atoms with Crippen LogP contribution in [0.25, 0.3) is 0 Å². The molecule has 2 rings (SSSR count). The Bertz CT molecular complexity index is 397. The molecule has 2 N–H and O–H groups in total. The summed E-state index contributed by atoms with van der Waals surface area (Å²) in [5, 5.41) is 0. The van der Waals surface area contributed by atoms with E-state index in [0.717, 1.165) is 44.1 Å². The van der Waals surface area contributed by atoms with Gasteiger partial charge in [0.15, 0.2) is 0 Å². The van der Waals surface area contributed by atoms with Gasteiger partial charge in [-0.25, -0.2) is 0 Å². The van der Waals surface area contributed by atoms with E-state index < -0.39 is 0 Å². The lowest BCUT2D eigenvalue weighted by atomic mass is 10.2. The molecule has 0 aromatic heterocycles. The van der Waals surface area contributed by atoms with Crippen molar-refractivity contribution in [2.45, 2.75) is 19.5 Å². The second kappa shape index (κ2) is 6.89. The van der Waals surface area contributed by atoms with Gasteiger partial charge in [0.2, 0.25) is 0 Å². The molecule has 0 spiro atoms. The van der Waals surface area contributed by atoms with Crippen molar-refractivity contribution in [3.8, 4) is 5.75 Å². The Labute approximate surface area is 116 Å². The predicted molar refractivity (Wildman–Crippen MR) is 78.4 cm³/mol. The third-order valence-corrected chi connectivity index (χ3v) is 3.90. The smallest absolute Gasteiger partial charge is 0.123 e. The summed E-state index contributed by atoms with van der Waals surface area (Å²) in [6.07, 6.45) is 0. The summed E-state index contributed by atoms with van der Waals surface area (Å²) in [5.74, 6) is 0.923. The van der Waals surface area contributed by atoms with Gasteiger partial charge in [0.05, 0.1) is 0 Å². The maximum atomic E-state index is 5.86. The minimum Gasteiger partial charge on any atom is -0.492 e. The van der Waals surface area contributed by atoms with Crippen LogP contribution in [0.1, 0.15) is 12.5 Å². The maximum Gasteiger partial charge on any atom is 0.123 e. The Balaban J connectivity index is 1.77. The number of nitrogens with two attached hydrogens (primary N) is 1. The number of hydrogen-bond donors (Lipinski definition) is 1. The molecule has 1 aliphatic rings. The van der Waals surface area contributed by atoms with E-state index in [1.165, 1.54) is 0 Å². The van der Waals surface area contributed by atoms with Gasteiger partial charge in [0, 0.05) is 44.3 Å². The minimum absolute atomic E-state index is 0.529. The molecule has 0 saturated carbocycles. The van der Waals surface area contributed by atoms with E-state index in [-0.39, 0.29) is 0 Å². The summed E-state index contributed by atoms with van der Waals surface area (Å²) in [6.45, 7) is 7.91. The van der Waals surface area contributed by atoms with Crippen LogP contribution in [-0.4, -0.2) is 55.7 Å². The predicted octanol–water partition coefficient (Wildman–Crippen LogP) is 1.16. The maximum absolute atomic E-state index is 5.86. The molecule has 1 heterocycles. The number of likely N-dealkylation sites (N-methyl/N-ethyl adjacent to an activating group) is 1. The zero-order valence-electron chi connectivity index (χ0n) is 12.0. The van der Waals surface area contributed by atoms with Crippen molar-refractivity contribution in [2.24, 2.45) is 5.73 Å². The van der Waals surface area contributed by atoms with E-state index in [0.29, 0.717) is 12.6 Å². The van der Waals surface area contributed by atoms with Gasteiger partial charge in [-0.2, -0.15) is 0 Å². The molecule has 0 radical (unpaired) electrons. The normalized spacial score (nSPS) is 21.5. The van der Waals surface area contributed by atoms with Gasteiger partial charge in [0.25, 0.3) is 0 Å². The molecule has 19 heavy (non-hydrogen) atoms. The van der Waals surface area contributed by atoms with Crippen molar-refractivity contribution in [1.82, 2.24) is 9.80 Å². The Hall–Kier alpha value is -1.10. The summed E-state index contributed by atoms with van der Waals surface area (Å²) < 4.78 is 5.86. The highest BCUT2D eigenvalue weighted by Gasteiger charge is 2.20. The quantitative estimate of drug-likeness (QED) is 0.865. The summed E-state index contributed by atoms with van der Waals surface area (Å²) in [4.78, 5) is 4.87. The Morgan fingerprint density at radius 2 is 2.11 bits per heavy atom. The SMILES string of the molecule is CC1CN(CCOc2ccccc2CN)CCN1C. The third-order valence-electron chi connectivity index (χ3n) is 3.90. The summed E-state index contributed by atoms with van der Waals surface area (Å²) >= 11 is 0. The van der Waals surface area contributed by atoms with Crippen LogP contribution in [0.3, 0.4) is 0 Å². The fourth-order valence-electron chi connectivity index (χ4n) is 2.42. The first-order valence-corrected chi connectivity index (χ1v) is 7.04. The molecule has 1 aliphatic heterocycles. The topological polar surface area (TPSA) is 41.7 Å². The van der Waals surface area contributed by atoms with E-state index in [1.807, 2.05) is 24.3 Å². The van der Waals surface area contributed by atoms with Crippen molar-refractivity contribution >= 4 is 0 Å². The van der Waals surface area contributed by atoms with Crippen LogP contribution in [-0.2, 0) is 6.54 Å². The lowest BCUT2D eigenvalue weighted by molar-refractivity contribution is 0.0926. The van der Waals surface area contributed by atoms with Crippen molar-refractivity contribution < 1.29 is 4.74 Å². The van der Waals surface area contributed by atoms with E-state index in [2.05, 4.69) is 23.8 Å². The molecule has 0 amide bonds. The number of para-hydroxylation sites is 1. The van der Waals surface area contributed by atoms with Crippen molar-refractivity contribution in [2.75, 3.05) is 39.8 Å². The summed E-state index contributed by atoms with van der Waals surface area (Å²) in [6, 6.07) is 8.64. The Kier molecular flexibility index (Phi) is 5.19. The van der Waals surface area contributed by atoms with Gasteiger partial charge in [-0.15, -0.1) is 0 Å². The molecule has 106 valence electrons. The number of ether oxygens (including phenoxy) is 1. The van der Waals surface area contributed by atoms with Crippen LogP contribution in [0.2, 0.25) is 0 Å². The number of rotatable bonds is 5. The van der Waals surface area contributed by atoms with Crippen LogP contribution in [0, 0.1) is 0 Å². The van der Waals surface area contributed by atoms with Gasteiger partial charge in [-0.1, -0.05) is 18.2 Å². The molecule has 1 saturated heterocycles. The van der Waals surface area contributed by atoms with Gasteiger partial charge in [-0.05, 0) is 20.0 Å². The molecular weight excluding hydrogens is 238 g/mol. The fraction of sp³-hybridized carbons (Fsp3) is 0.600. The van der Waals surface area contributed by atoms with Gasteiger partial charge < -0.3 is 15.4 Å². The van der Waals surface area contributed by atoms with Gasteiger partial charge in [-0.3, -0.25) is 4.90 Å². The summed E-state index contributed by atoms with van der Waals surface area (Å²) in [7, 11) is 2.19. The average molecular weight is 263 g/mol. The number of piperazine rings is 1. The van der Waals surface area contributed by atoms with E-state index >= 15 is 0 Å². The van der Waals surface area contributed by atoms with E-state index in [4.69, 9.17) is 10.5 Å². The molecule has 0 bridgehead atoms. The first kappa shape index (κ1) is 14.3. The zero-order chi connectivity index (χ0) is 13.7. The number of nitrogens with zero attached hydrogens (tertiary/aromatic N) is 2. The van der Waals surface area contributed by atoms with Crippen molar-refractivity contribution in [3.63, 3.8) is 0 Å². The summed E-state index contributed by atoms with van der Waals surface area (Å²) in [5.41, 5.74) is 6.78. The van der Waals surface area contributed by atoms with E-state index in [1.54, 1.807) is 0 Å². The molecule has 1 aromatic carbocycles. The van der Waals surface area contributed by atoms with Crippen molar-refractivity contribution in [1.29, 1.82) is 0 Å². The highest BCUT2D eigenvalue weighted by Crippen LogP contribution is 2.17. The first-order chi connectivity index (χ1) is 9.20. The standard InChI is InChI=1S/C15H25N3O/c1-13-12-18(8-7-17(13)2)9-10-19-15-6-4-3-5-14(15)11-16/h3-6,13H,7-12,16H2,1-2H3. The monoisotopic (exact) mass is 263 g/mol. The lowest BCUT2D eigenvalue weighted by Crippen LogP contribution is -2.50. The van der Waals surface area contributed by atoms with Crippen LogP contribution in [0.5, 0.6) is 5.75 Å². The van der Waals surface area contributed by atoms with Crippen LogP contribution in [0.15, 0.2) is 24.3 Å². The molecule has 1 atom stereocenters. The molecule has 1 unspecified atom stereocenters. The van der Waals surface area contributed by atoms with Crippen LogP contribution in [0.4, 0.5) is 0 Å². The largest absolute Gasteiger partial charge is 0.492 e. The second-order valence-corrected chi connectivity index (χ2v) is 5.29. The van der Waals surface area contributed by atoms with E-state index in [9.17, 15) is 0 Å². The second-order valence-electron chi connectivity index (χ2n) is 5.29. The Morgan fingerprint density at radius 3 is 2.84 bits per heavy atom.